The summed E-state index contributed by atoms with van der Waals surface area (Å²) in [6, 6.07) is 2.94. The van der Waals surface area contributed by atoms with E-state index in [4.69, 9.17) is 16.7 Å². The van der Waals surface area contributed by atoms with Gasteiger partial charge in [-0.3, -0.25) is 14.4 Å². The number of carboxylic acids is 1. The predicted molar refractivity (Wildman–Crippen MR) is 98.7 cm³/mol. The van der Waals surface area contributed by atoms with E-state index in [1.165, 1.54) is 18.6 Å². The topological polar surface area (TPSA) is 95.5 Å². The highest BCUT2D eigenvalue weighted by molar-refractivity contribution is 6.30. The fourth-order valence-corrected chi connectivity index (χ4v) is 3.42. The lowest BCUT2D eigenvalue weighted by atomic mass is 9.87. The Kier molecular flexibility index (Phi) is 8.03. The zero-order valence-corrected chi connectivity index (χ0v) is 15.7. The molecule has 1 fully saturated rings. The average Bonchev–Trinajstić information content (AvgIpc) is 2.62. The summed E-state index contributed by atoms with van der Waals surface area (Å²) in [4.78, 5) is 35.2. The second-order valence-corrected chi connectivity index (χ2v) is 7.28. The lowest BCUT2D eigenvalue weighted by Gasteiger charge is -2.21. The maximum Gasteiger partial charge on any atom is 0.305 e. The van der Waals surface area contributed by atoms with Crippen LogP contribution in [0.15, 0.2) is 18.2 Å². The summed E-state index contributed by atoms with van der Waals surface area (Å²) in [5.41, 5.74) is 0.293. The number of halogens is 2. The van der Waals surface area contributed by atoms with Crippen molar-refractivity contribution in [3.05, 3.63) is 34.6 Å². The highest BCUT2D eigenvalue weighted by Gasteiger charge is 2.21. The van der Waals surface area contributed by atoms with Crippen molar-refractivity contribution >= 4 is 29.4 Å². The van der Waals surface area contributed by atoms with Gasteiger partial charge in [-0.05, 0) is 36.5 Å². The van der Waals surface area contributed by atoms with Gasteiger partial charge in [0.1, 0.15) is 5.82 Å². The van der Waals surface area contributed by atoms with E-state index in [0.29, 0.717) is 17.9 Å². The molecule has 1 aliphatic rings. The first-order valence-corrected chi connectivity index (χ1v) is 9.45. The molecule has 1 saturated carbocycles. The van der Waals surface area contributed by atoms with Crippen LogP contribution in [0.4, 0.5) is 4.39 Å². The quantitative estimate of drug-likeness (QED) is 0.626. The Hall–Kier alpha value is -2.15. The van der Waals surface area contributed by atoms with Crippen molar-refractivity contribution in [3.8, 4) is 0 Å². The van der Waals surface area contributed by atoms with Crippen molar-refractivity contribution in [3.63, 3.8) is 0 Å². The Bertz CT molecular complexity index is 692. The minimum atomic E-state index is -1.14. The van der Waals surface area contributed by atoms with Crippen molar-refractivity contribution in [1.82, 2.24) is 10.6 Å². The lowest BCUT2D eigenvalue weighted by Crippen LogP contribution is -2.39. The fraction of sp³-hybridized carbons (Fsp3) is 0.526. The third-order valence-electron chi connectivity index (χ3n) is 4.70. The fourth-order valence-electron chi connectivity index (χ4n) is 3.31. The number of hydrogen-bond acceptors (Lipinski definition) is 3. The number of carbonyl (C=O) groups is 3. The van der Waals surface area contributed by atoms with Crippen LogP contribution in [0.25, 0.3) is 0 Å². The van der Waals surface area contributed by atoms with Crippen LogP contribution in [0.2, 0.25) is 5.02 Å². The Labute approximate surface area is 162 Å². The normalized spacial score (nSPS) is 15.8. The van der Waals surface area contributed by atoms with Gasteiger partial charge in [0.2, 0.25) is 11.8 Å². The SMILES string of the molecule is O=C(O)CC(NC(=O)CNC(=O)CC1CCCCC1)c1ccc(Cl)c(F)c1. The molecule has 1 aromatic carbocycles. The molecule has 0 spiro atoms. The van der Waals surface area contributed by atoms with Crippen molar-refractivity contribution < 1.29 is 23.9 Å². The summed E-state index contributed by atoms with van der Waals surface area (Å²) in [7, 11) is 0. The second-order valence-electron chi connectivity index (χ2n) is 6.88. The van der Waals surface area contributed by atoms with E-state index in [9.17, 15) is 18.8 Å². The Morgan fingerprint density at radius 1 is 1.19 bits per heavy atom. The monoisotopic (exact) mass is 398 g/mol. The standard InChI is InChI=1S/C19H24ClFN2O4/c20-14-7-6-13(9-15(14)21)16(10-19(26)27)23-18(25)11-22-17(24)8-12-4-2-1-3-5-12/h6-7,9,12,16H,1-5,8,10-11H2,(H,22,24)(H,23,25)(H,26,27). The average molecular weight is 399 g/mol. The number of rotatable bonds is 8. The molecular formula is C19H24ClFN2O4. The minimum absolute atomic E-state index is 0.0888. The van der Waals surface area contributed by atoms with Crippen LogP contribution in [0.1, 0.15) is 56.6 Å². The Balaban J connectivity index is 1.88. The molecule has 3 N–H and O–H groups in total. The van der Waals surface area contributed by atoms with Gasteiger partial charge in [0.05, 0.1) is 24.0 Å². The molecule has 0 aliphatic heterocycles. The van der Waals surface area contributed by atoms with E-state index in [1.807, 2.05) is 0 Å². The maximum atomic E-state index is 13.6. The van der Waals surface area contributed by atoms with Crippen LogP contribution >= 0.6 is 11.6 Å². The van der Waals surface area contributed by atoms with E-state index in [2.05, 4.69) is 10.6 Å². The predicted octanol–water partition coefficient (Wildman–Crippen LogP) is 3.20. The first-order valence-electron chi connectivity index (χ1n) is 9.08. The van der Waals surface area contributed by atoms with Gasteiger partial charge in [0.15, 0.2) is 0 Å². The summed E-state index contributed by atoms with van der Waals surface area (Å²) in [6.45, 7) is -0.252. The van der Waals surface area contributed by atoms with E-state index in [1.54, 1.807) is 0 Å². The van der Waals surface area contributed by atoms with Crippen LogP contribution in [-0.4, -0.2) is 29.4 Å². The zero-order chi connectivity index (χ0) is 19.8. The lowest BCUT2D eigenvalue weighted by molar-refractivity contribution is -0.138. The molecule has 0 saturated heterocycles. The van der Waals surface area contributed by atoms with Crippen molar-refractivity contribution in [2.75, 3.05) is 6.54 Å². The van der Waals surface area contributed by atoms with Crippen LogP contribution in [0, 0.1) is 11.7 Å². The molecule has 0 aromatic heterocycles. The molecule has 2 amide bonds. The molecule has 27 heavy (non-hydrogen) atoms. The third kappa shape index (κ3) is 7.17. The first-order chi connectivity index (χ1) is 12.8. The third-order valence-corrected chi connectivity index (χ3v) is 5.01. The van der Waals surface area contributed by atoms with Crippen LogP contribution < -0.4 is 10.6 Å². The minimum Gasteiger partial charge on any atom is -0.481 e. The summed E-state index contributed by atoms with van der Waals surface area (Å²) < 4.78 is 13.6. The van der Waals surface area contributed by atoms with Gasteiger partial charge in [-0.2, -0.15) is 0 Å². The second kappa shape index (κ2) is 10.3. The Morgan fingerprint density at radius 3 is 2.52 bits per heavy atom. The molecular weight excluding hydrogens is 375 g/mol. The number of nitrogens with one attached hydrogen (secondary N) is 2. The van der Waals surface area contributed by atoms with E-state index >= 15 is 0 Å². The number of benzene rings is 1. The molecule has 8 heteroatoms. The summed E-state index contributed by atoms with van der Waals surface area (Å²) in [6.07, 6.45) is 5.51. The van der Waals surface area contributed by atoms with Gasteiger partial charge < -0.3 is 15.7 Å². The summed E-state index contributed by atoms with van der Waals surface area (Å²) in [5.74, 6) is -2.20. The molecule has 1 atom stereocenters. The molecule has 6 nitrogen and oxygen atoms in total. The molecule has 1 unspecified atom stereocenters. The molecule has 1 aromatic rings. The molecule has 1 aliphatic carbocycles. The number of amides is 2. The zero-order valence-electron chi connectivity index (χ0n) is 15.0. The first kappa shape index (κ1) is 21.2. The summed E-state index contributed by atoms with van der Waals surface area (Å²) in [5, 5.41) is 14.0. The van der Waals surface area contributed by atoms with E-state index in [0.717, 1.165) is 31.7 Å². The van der Waals surface area contributed by atoms with Crippen molar-refractivity contribution in [2.24, 2.45) is 5.92 Å². The number of hydrogen-bond donors (Lipinski definition) is 3. The highest BCUT2D eigenvalue weighted by atomic mass is 35.5. The van der Waals surface area contributed by atoms with E-state index < -0.39 is 30.2 Å². The number of carbonyl (C=O) groups excluding carboxylic acids is 2. The van der Waals surface area contributed by atoms with Gasteiger partial charge in [-0.25, -0.2) is 4.39 Å². The van der Waals surface area contributed by atoms with Crippen LogP contribution in [-0.2, 0) is 14.4 Å². The highest BCUT2D eigenvalue weighted by Crippen LogP contribution is 2.26. The van der Waals surface area contributed by atoms with E-state index in [-0.39, 0.29) is 17.5 Å². The van der Waals surface area contributed by atoms with Gasteiger partial charge >= 0.3 is 5.97 Å². The van der Waals surface area contributed by atoms with Crippen LogP contribution in [0.5, 0.6) is 0 Å². The molecule has 148 valence electrons. The maximum absolute atomic E-state index is 13.6. The molecule has 2 rings (SSSR count). The molecule has 0 bridgehead atoms. The molecule has 0 heterocycles. The van der Waals surface area contributed by atoms with Crippen molar-refractivity contribution in [2.45, 2.75) is 51.0 Å². The van der Waals surface area contributed by atoms with Crippen molar-refractivity contribution in [1.29, 1.82) is 0 Å². The van der Waals surface area contributed by atoms with Gasteiger partial charge in [-0.1, -0.05) is 36.9 Å². The number of carboxylic acid groups (broad SMARTS) is 1. The smallest absolute Gasteiger partial charge is 0.305 e. The number of aliphatic carboxylic acids is 1. The van der Waals surface area contributed by atoms with Crippen LogP contribution in [0.3, 0.4) is 0 Å². The summed E-state index contributed by atoms with van der Waals surface area (Å²) >= 11 is 5.64. The largest absolute Gasteiger partial charge is 0.481 e. The Morgan fingerprint density at radius 2 is 1.89 bits per heavy atom. The van der Waals surface area contributed by atoms with Gasteiger partial charge in [-0.15, -0.1) is 0 Å². The van der Waals surface area contributed by atoms with Gasteiger partial charge in [0.25, 0.3) is 0 Å². The molecule has 0 radical (unpaired) electrons. The van der Waals surface area contributed by atoms with Gasteiger partial charge in [0, 0.05) is 6.42 Å².